The van der Waals surface area contributed by atoms with Gasteiger partial charge in [-0.3, -0.25) is 4.79 Å². The van der Waals surface area contributed by atoms with Gasteiger partial charge in [0.2, 0.25) is 0 Å². The highest BCUT2D eigenvalue weighted by Gasteiger charge is 2.07. The van der Waals surface area contributed by atoms with E-state index in [1.807, 2.05) is 18.2 Å². The predicted octanol–water partition coefficient (Wildman–Crippen LogP) is 2.51. The van der Waals surface area contributed by atoms with Crippen molar-refractivity contribution >= 4 is 27.3 Å². The molecule has 0 saturated carbocycles. The minimum Gasteiger partial charge on any atom is -0.497 e. The van der Waals surface area contributed by atoms with Crippen LogP contribution in [0.1, 0.15) is 16.7 Å². The van der Waals surface area contributed by atoms with Gasteiger partial charge in [0.25, 0.3) is 0 Å². The van der Waals surface area contributed by atoms with Crippen LogP contribution in [0.2, 0.25) is 0 Å². The molecule has 0 spiro atoms. The van der Waals surface area contributed by atoms with E-state index < -0.39 is 0 Å². The van der Waals surface area contributed by atoms with Gasteiger partial charge in [-0.25, -0.2) is 4.98 Å². The second-order valence-corrected chi connectivity index (χ2v) is 3.94. The second-order valence-electron chi connectivity index (χ2n) is 2.91. The molecule has 0 fully saturated rings. The average Bonchev–Trinajstić information content (AvgIpc) is 2.59. The molecule has 0 amide bonds. The Morgan fingerprint density at radius 2 is 2.29 bits per heavy atom. The third-order valence-corrected chi connectivity index (χ3v) is 3.02. The van der Waals surface area contributed by atoms with Crippen molar-refractivity contribution in [1.29, 1.82) is 0 Å². The zero-order chi connectivity index (χ0) is 10.1. The molecule has 14 heavy (non-hydrogen) atoms. The van der Waals surface area contributed by atoms with Crippen LogP contribution in [0.4, 0.5) is 0 Å². The number of hydrogen-bond donors (Lipinski definition) is 0. The van der Waals surface area contributed by atoms with Crippen molar-refractivity contribution in [2.45, 2.75) is 6.92 Å². The zero-order valence-electron chi connectivity index (χ0n) is 7.90. The number of fused-ring (bicyclic) bond motifs is 1. The fourth-order valence-corrected chi connectivity index (χ4v) is 2.07. The minimum atomic E-state index is 0.00478. The lowest BCUT2D eigenvalue weighted by Crippen LogP contribution is -1.88. The van der Waals surface area contributed by atoms with E-state index in [2.05, 4.69) is 4.98 Å². The fraction of sp³-hybridized carbons (Fsp3) is 0.200. The Hall–Kier alpha value is -1.42. The van der Waals surface area contributed by atoms with E-state index in [0.717, 1.165) is 16.0 Å². The van der Waals surface area contributed by atoms with Gasteiger partial charge in [0.05, 0.1) is 17.3 Å². The number of ketones is 1. The summed E-state index contributed by atoms with van der Waals surface area (Å²) >= 11 is 1.39. The van der Waals surface area contributed by atoms with Crippen LogP contribution >= 0.6 is 11.3 Å². The Bertz CT molecular complexity index is 490. The van der Waals surface area contributed by atoms with Gasteiger partial charge in [-0.1, -0.05) is 0 Å². The minimum absolute atomic E-state index is 0.00478. The van der Waals surface area contributed by atoms with Crippen LogP contribution in [0, 0.1) is 0 Å². The molecule has 0 N–H and O–H groups in total. The topological polar surface area (TPSA) is 39.2 Å². The molecule has 0 aliphatic rings. The van der Waals surface area contributed by atoms with Gasteiger partial charge < -0.3 is 4.74 Å². The number of aromatic nitrogens is 1. The molecule has 0 radical (unpaired) electrons. The van der Waals surface area contributed by atoms with Gasteiger partial charge in [-0.05, 0) is 18.2 Å². The molecule has 0 aliphatic heterocycles. The monoisotopic (exact) mass is 207 g/mol. The number of Topliss-reactive ketones (excluding diaryl/α,β-unsaturated/α-hetero) is 1. The lowest BCUT2D eigenvalue weighted by atomic mass is 10.3. The van der Waals surface area contributed by atoms with Crippen molar-refractivity contribution < 1.29 is 9.53 Å². The van der Waals surface area contributed by atoms with Gasteiger partial charge in [0.1, 0.15) is 5.75 Å². The maximum atomic E-state index is 11.1. The summed E-state index contributed by atoms with van der Waals surface area (Å²) < 4.78 is 6.07. The van der Waals surface area contributed by atoms with Crippen LogP contribution < -0.4 is 4.74 Å². The van der Waals surface area contributed by atoms with Gasteiger partial charge in [0.15, 0.2) is 10.8 Å². The number of rotatable bonds is 2. The van der Waals surface area contributed by atoms with Crippen LogP contribution in [0.15, 0.2) is 18.2 Å². The summed E-state index contributed by atoms with van der Waals surface area (Å²) in [5, 5.41) is 0.549. The Kier molecular flexibility index (Phi) is 2.21. The van der Waals surface area contributed by atoms with Crippen LogP contribution in [-0.4, -0.2) is 17.9 Å². The number of nitrogens with zero attached hydrogens (tertiary/aromatic N) is 1. The number of ether oxygens (including phenoxy) is 1. The molecule has 1 aromatic carbocycles. The molecule has 2 rings (SSSR count). The molecule has 0 unspecified atom stereocenters. The van der Waals surface area contributed by atoms with Crippen molar-refractivity contribution in [3.63, 3.8) is 0 Å². The first-order valence-corrected chi connectivity index (χ1v) is 4.98. The lowest BCUT2D eigenvalue weighted by Gasteiger charge is -1.96. The van der Waals surface area contributed by atoms with Gasteiger partial charge in [-0.2, -0.15) is 0 Å². The van der Waals surface area contributed by atoms with Crippen molar-refractivity contribution in [1.82, 2.24) is 4.98 Å². The molecule has 0 bridgehead atoms. The van der Waals surface area contributed by atoms with E-state index in [1.165, 1.54) is 18.3 Å². The molecule has 0 saturated heterocycles. The maximum absolute atomic E-state index is 11.1. The smallest absolute Gasteiger partial charge is 0.188 e. The Morgan fingerprint density at radius 3 is 2.93 bits per heavy atom. The number of benzene rings is 1. The summed E-state index contributed by atoms with van der Waals surface area (Å²) in [6, 6.07) is 5.59. The van der Waals surface area contributed by atoms with E-state index >= 15 is 0 Å². The molecule has 0 atom stereocenters. The SMILES string of the molecule is COc1ccc2nc(C(C)=O)sc2c1. The van der Waals surface area contributed by atoms with Crippen LogP contribution in [-0.2, 0) is 0 Å². The third-order valence-electron chi connectivity index (χ3n) is 1.90. The fourth-order valence-electron chi connectivity index (χ4n) is 1.18. The number of hydrogen-bond acceptors (Lipinski definition) is 4. The molecule has 2 aromatic rings. The van der Waals surface area contributed by atoms with E-state index in [-0.39, 0.29) is 5.78 Å². The zero-order valence-corrected chi connectivity index (χ0v) is 8.72. The number of carbonyl (C=O) groups excluding carboxylic acids is 1. The highest BCUT2D eigenvalue weighted by molar-refractivity contribution is 7.20. The summed E-state index contributed by atoms with van der Waals surface area (Å²) in [6.45, 7) is 1.52. The van der Waals surface area contributed by atoms with Gasteiger partial charge in [0, 0.05) is 6.92 Å². The van der Waals surface area contributed by atoms with Crippen molar-refractivity contribution in [2.24, 2.45) is 0 Å². The van der Waals surface area contributed by atoms with Crippen molar-refractivity contribution in [3.05, 3.63) is 23.2 Å². The summed E-state index contributed by atoms with van der Waals surface area (Å²) in [4.78, 5) is 15.3. The summed E-state index contributed by atoms with van der Waals surface area (Å²) in [5.74, 6) is 0.793. The highest BCUT2D eigenvalue weighted by Crippen LogP contribution is 2.26. The number of thiazole rings is 1. The largest absolute Gasteiger partial charge is 0.497 e. The second kappa shape index (κ2) is 3.38. The van der Waals surface area contributed by atoms with Crippen molar-refractivity contribution in [3.8, 4) is 5.75 Å². The van der Waals surface area contributed by atoms with Crippen LogP contribution in [0.3, 0.4) is 0 Å². The first-order valence-electron chi connectivity index (χ1n) is 4.16. The van der Waals surface area contributed by atoms with E-state index in [4.69, 9.17) is 4.74 Å². The van der Waals surface area contributed by atoms with Crippen LogP contribution in [0.25, 0.3) is 10.2 Å². The van der Waals surface area contributed by atoms with Gasteiger partial charge >= 0.3 is 0 Å². The summed E-state index contributed by atoms with van der Waals surface area (Å²) in [6.07, 6.45) is 0. The Balaban J connectivity index is 2.60. The van der Waals surface area contributed by atoms with E-state index in [9.17, 15) is 4.79 Å². The van der Waals surface area contributed by atoms with Gasteiger partial charge in [-0.15, -0.1) is 11.3 Å². The third kappa shape index (κ3) is 1.48. The quantitative estimate of drug-likeness (QED) is 0.710. The number of carbonyl (C=O) groups is 1. The van der Waals surface area contributed by atoms with E-state index in [1.54, 1.807) is 7.11 Å². The lowest BCUT2D eigenvalue weighted by molar-refractivity contribution is 0.101. The normalized spacial score (nSPS) is 10.4. The molecular weight excluding hydrogens is 198 g/mol. The first-order chi connectivity index (χ1) is 6.70. The Morgan fingerprint density at radius 1 is 1.50 bits per heavy atom. The average molecular weight is 207 g/mol. The number of methoxy groups -OCH3 is 1. The maximum Gasteiger partial charge on any atom is 0.188 e. The molecule has 3 nitrogen and oxygen atoms in total. The highest BCUT2D eigenvalue weighted by atomic mass is 32.1. The molecule has 1 heterocycles. The van der Waals surface area contributed by atoms with Crippen molar-refractivity contribution in [2.75, 3.05) is 7.11 Å². The summed E-state index contributed by atoms with van der Waals surface area (Å²) in [5.41, 5.74) is 0.848. The molecule has 0 aliphatic carbocycles. The van der Waals surface area contributed by atoms with E-state index in [0.29, 0.717) is 5.01 Å². The first kappa shape index (κ1) is 9.15. The predicted molar refractivity (Wildman–Crippen MR) is 56.2 cm³/mol. The molecule has 72 valence electrons. The summed E-state index contributed by atoms with van der Waals surface area (Å²) in [7, 11) is 1.62. The molecular formula is C10H9NO2S. The molecule has 4 heteroatoms. The Labute approximate surface area is 85.3 Å². The standard InChI is InChI=1S/C10H9NO2S/c1-6(12)10-11-8-4-3-7(13-2)5-9(8)14-10/h3-5H,1-2H3. The molecule has 1 aromatic heterocycles. The van der Waals surface area contributed by atoms with Crippen LogP contribution in [0.5, 0.6) is 5.75 Å².